The Morgan fingerprint density at radius 3 is 2.12 bits per heavy atom. The van der Waals surface area contributed by atoms with E-state index < -0.39 is 5.97 Å². The van der Waals surface area contributed by atoms with Crippen LogP contribution in [0.4, 0.5) is 0 Å². The molecule has 0 heterocycles. The average molecular weight is 113 g/mol. The number of carboxylic acid groups (broad SMARTS) is 1. The fourth-order valence-corrected chi connectivity index (χ4v) is 1.02. The number of hydrogen-bond donors (Lipinski definition) is 1. The minimum atomic E-state index is -0.692. The molecule has 1 aliphatic rings. The van der Waals surface area contributed by atoms with Crippen LogP contribution in [-0.4, -0.2) is 11.1 Å². The minimum Gasteiger partial charge on any atom is -0.445 e. The van der Waals surface area contributed by atoms with Gasteiger partial charge in [0.05, 0.1) is 0 Å². The predicted molar refractivity (Wildman–Crippen MR) is 29.3 cm³/mol. The third kappa shape index (κ3) is 0.941. The lowest BCUT2D eigenvalue weighted by molar-refractivity contribution is -0.135. The van der Waals surface area contributed by atoms with Crippen molar-refractivity contribution in [3.05, 3.63) is 5.92 Å². The summed E-state index contributed by atoms with van der Waals surface area (Å²) in [4.78, 5) is 10.2. The van der Waals surface area contributed by atoms with Crippen LogP contribution in [0.1, 0.15) is 25.7 Å². The predicted octanol–water partition coefficient (Wildman–Crippen LogP) is 1.22. The lowest BCUT2D eigenvalue weighted by Gasteiger charge is -1.83. The van der Waals surface area contributed by atoms with E-state index in [9.17, 15) is 4.79 Å². The second kappa shape index (κ2) is 2.07. The van der Waals surface area contributed by atoms with Crippen molar-refractivity contribution < 1.29 is 9.90 Å². The Balaban J connectivity index is 2.35. The highest BCUT2D eigenvalue weighted by Gasteiger charge is 2.34. The molecule has 2 heteroatoms. The van der Waals surface area contributed by atoms with E-state index >= 15 is 0 Å². The third-order valence-electron chi connectivity index (χ3n) is 1.51. The lowest BCUT2D eigenvalue weighted by atomic mass is 10.1. The summed E-state index contributed by atoms with van der Waals surface area (Å²) in [6.07, 6.45) is 3.77. The zero-order valence-corrected chi connectivity index (χ0v) is 4.68. The molecule has 0 bridgehead atoms. The van der Waals surface area contributed by atoms with Gasteiger partial charge in [-0.1, -0.05) is 0 Å². The van der Waals surface area contributed by atoms with E-state index in [1.165, 1.54) is 0 Å². The van der Waals surface area contributed by atoms with Crippen LogP contribution in [0, 0.1) is 5.92 Å². The molecule has 0 spiro atoms. The summed E-state index contributed by atoms with van der Waals surface area (Å²) < 4.78 is 0. The highest BCUT2D eigenvalue weighted by molar-refractivity contribution is 5.82. The highest BCUT2D eigenvalue weighted by atomic mass is 16.4. The fourth-order valence-electron chi connectivity index (χ4n) is 1.02. The standard InChI is InChI=1S/C6H8O2/c7-6(8)5-3-1-2-4-5/h1-4H2/p+1. The van der Waals surface area contributed by atoms with Gasteiger partial charge in [-0.3, -0.25) is 0 Å². The van der Waals surface area contributed by atoms with Gasteiger partial charge in [0.1, 0.15) is 12.8 Å². The second-order valence-electron chi connectivity index (χ2n) is 2.12. The van der Waals surface area contributed by atoms with Crippen molar-refractivity contribution in [3.8, 4) is 0 Å². The molecule has 0 saturated heterocycles. The number of hydrogen-bond acceptors (Lipinski definition) is 1. The molecule has 1 aliphatic carbocycles. The quantitative estimate of drug-likeness (QED) is 0.519. The summed E-state index contributed by atoms with van der Waals surface area (Å²) in [5.41, 5.74) is 0. The van der Waals surface area contributed by atoms with Gasteiger partial charge in [0.25, 0.3) is 0 Å². The van der Waals surface area contributed by atoms with E-state index in [4.69, 9.17) is 5.11 Å². The molecule has 44 valence electrons. The molecule has 0 radical (unpaired) electrons. The molecule has 2 nitrogen and oxygen atoms in total. The van der Waals surface area contributed by atoms with E-state index in [0.717, 1.165) is 25.7 Å². The summed E-state index contributed by atoms with van der Waals surface area (Å²) in [5.74, 6) is 0.0208. The molecule has 0 aromatic carbocycles. The first kappa shape index (κ1) is 5.48. The summed E-state index contributed by atoms with van der Waals surface area (Å²) in [5, 5.41) is 8.38. The van der Waals surface area contributed by atoms with Gasteiger partial charge in [-0.15, -0.1) is 0 Å². The Morgan fingerprint density at radius 1 is 1.38 bits per heavy atom. The van der Waals surface area contributed by atoms with Crippen molar-refractivity contribution in [2.24, 2.45) is 0 Å². The molecule has 0 amide bonds. The summed E-state index contributed by atoms with van der Waals surface area (Å²) in [6, 6.07) is 0. The molecule has 0 unspecified atom stereocenters. The van der Waals surface area contributed by atoms with Gasteiger partial charge in [0, 0.05) is 0 Å². The zero-order chi connectivity index (χ0) is 5.98. The van der Waals surface area contributed by atoms with Gasteiger partial charge in [-0.05, 0) is 12.8 Å². The first-order valence-electron chi connectivity index (χ1n) is 2.88. The van der Waals surface area contributed by atoms with Crippen molar-refractivity contribution in [3.63, 3.8) is 0 Å². The van der Waals surface area contributed by atoms with Crippen LogP contribution in [0.2, 0.25) is 0 Å². The van der Waals surface area contributed by atoms with Crippen LogP contribution in [0.15, 0.2) is 0 Å². The maximum absolute atomic E-state index is 10.2. The van der Waals surface area contributed by atoms with Crippen molar-refractivity contribution >= 4 is 5.97 Å². The van der Waals surface area contributed by atoms with Gasteiger partial charge < -0.3 is 5.11 Å². The maximum atomic E-state index is 10.2. The molecular formula is C6H9O2+. The van der Waals surface area contributed by atoms with Crippen molar-refractivity contribution in [1.82, 2.24) is 0 Å². The fraction of sp³-hybridized carbons (Fsp3) is 0.667. The lowest BCUT2D eigenvalue weighted by Crippen LogP contribution is -2.05. The monoisotopic (exact) mass is 113 g/mol. The zero-order valence-electron chi connectivity index (χ0n) is 4.68. The van der Waals surface area contributed by atoms with Crippen molar-refractivity contribution in [2.75, 3.05) is 0 Å². The van der Waals surface area contributed by atoms with Crippen molar-refractivity contribution in [2.45, 2.75) is 25.7 Å². The molecule has 8 heavy (non-hydrogen) atoms. The Hall–Kier alpha value is -0.660. The topological polar surface area (TPSA) is 37.3 Å². The highest BCUT2D eigenvalue weighted by Crippen LogP contribution is 2.26. The smallest absolute Gasteiger partial charge is 0.445 e. The average Bonchev–Trinajstić information content (AvgIpc) is 2.12. The molecule has 0 atom stereocenters. The van der Waals surface area contributed by atoms with Gasteiger partial charge in [-0.2, -0.15) is 4.79 Å². The van der Waals surface area contributed by atoms with Crippen LogP contribution < -0.4 is 0 Å². The van der Waals surface area contributed by atoms with E-state index in [2.05, 4.69) is 0 Å². The first-order valence-corrected chi connectivity index (χ1v) is 2.88. The van der Waals surface area contributed by atoms with Crippen LogP contribution >= 0.6 is 0 Å². The van der Waals surface area contributed by atoms with Crippen LogP contribution in [0.5, 0.6) is 0 Å². The summed E-state index contributed by atoms with van der Waals surface area (Å²) in [7, 11) is 0. The van der Waals surface area contributed by atoms with Gasteiger partial charge in [0.2, 0.25) is 5.92 Å². The van der Waals surface area contributed by atoms with Crippen molar-refractivity contribution in [1.29, 1.82) is 0 Å². The molecule has 1 saturated carbocycles. The summed E-state index contributed by atoms with van der Waals surface area (Å²) in [6.45, 7) is 0. The maximum Gasteiger partial charge on any atom is 0.496 e. The number of carbonyl (C=O) groups is 1. The molecule has 1 N–H and O–H groups in total. The van der Waals surface area contributed by atoms with Crippen LogP contribution in [0.3, 0.4) is 0 Å². The number of aliphatic carboxylic acids is 1. The summed E-state index contributed by atoms with van der Waals surface area (Å²) >= 11 is 0. The number of carboxylic acids is 1. The van der Waals surface area contributed by atoms with E-state index in [-0.39, 0.29) is 0 Å². The van der Waals surface area contributed by atoms with Gasteiger partial charge in [0.15, 0.2) is 0 Å². The van der Waals surface area contributed by atoms with Crippen LogP contribution in [0.25, 0.3) is 0 Å². The molecule has 1 fully saturated rings. The molecule has 0 aromatic heterocycles. The Bertz CT molecular complexity index is 92.7. The van der Waals surface area contributed by atoms with E-state index in [0.29, 0.717) is 5.92 Å². The Kier molecular flexibility index (Phi) is 1.42. The normalized spacial score (nSPS) is 19.2. The van der Waals surface area contributed by atoms with E-state index in [1.807, 2.05) is 0 Å². The largest absolute Gasteiger partial charge is 0.496 e. The molecule has 1 rings (SSSR count). The van der Waals surface area contributed by atoms with Gasteiger partial charge >= 0.3 is 5.97 Å². The second-order valence-corrected chi connectivity index (χ2v) is 2.12. The third-order valence-corrected chi connectivity index (χ3v) is 1.51. The first-order chi connectivity index (χ1) is 3.80. The Morgan fingerprint density at radius 2 is 1.88 bits per heavy atom. The molecule has 0 aromatic rings. The molecular weight excluding hydrogens is 104 g/mol. The SMILES string of the molecule is O=C(O)[C+]1CCCC1. The number of rotatable bonds is 1. The Labute approximate surface area is 48.5 Å². The van der Waals surface area contributed by atoms with Crippen LogP contribution in [-0.2, 0) is 4.79 Å². The van der Waals surface area contributed by atoms with Gasteiger partial charge in [-0.25, -0.2) is 0 Å². The minimum absolute atomic E-state index is 0.692. The molecule has 0 aliphatic heterocycles. The van der Waals surface area contributed by atoms with E-state index in [1.54, 1.807) is 0 Å².